The molecule has 0 aliphatic heterocycles. The first kappa shape index (κ1) is 23.3. The summed E-state index contributed by atoms with van der Waals surface area (Å²) in [6, 6.07) is 22.6. The van der Waals surface area contributed by atoms with Gasteiger partial charge in [-0.25, -0.2) is 9.78 Å². The lowest BCUT2D eigenvalue weighted by atomic mass is 10.0. The molecule has 8 heteroatoms. The summed E-state index contributed by atoms with van der Waals surface area (Å²) in [5, 5.41) is 12.2. The van der Waals surface area contributed by atoms with Crippen LogP contribution in [0.5, 0.6) is 11.5 Å². The maximum Gasteiger partial charge on any atom is 0.339 e. The molecule has 0 spiro atoms. The van der Waals surface area contributed by atoms with Gasteiger partial charge in [0.25, 0.3) is 5.91 Å². The molecule has 0 atom stereocenters. The summed E-state index contributed by atoms with van der Waals surface area (Å²) in [5.74, 6) is -0.0811. The number of nitrogens with zero attached hydrogens (tertiary/aromatic N) is 2. The van der Waals surface area contributed by atoms with Gasteiger partial charge in [-0.15, -0.1) is 0 Å². The van der Waals surface area contributed by atoms with Gasteiger partial charge in [-0.2, -0.15) is 5.26 Å². The summed E-state index contributed by atoms with van der Waals surface area (Å²) in [6.45, 7) is -0.488. The molecular formula is C27H21N3O5. The highest BCUT2D eigenvalue weighted by molar-refractivity contribution is 6.05. The molecule has 1 N–H and O–H groups in total. The van der Waals surface area contributed by atoms with Crippen LogP contribution in [0, 0.1) is 11.3 Å². The van der Waals surface area contributed by atoms with Gasteiger partial charge in [0.1, 0.15) is 0 Å². The molecule has 0 radical (unpaired) electrons. The molecule has 0 aliphatic carbocycles. The number of esters is 1. The summed E-state index contributed by atoms with van der Waals surface area (Å²) in [5.41, 5.74) is 2.98. The van der Waals surface area contributed by atoms with Crippen molar-refractivity contribution in [3.05, 3.63) is 83.9 Å². The Labute approximate surface area is 201 Å². The number of anilines is 1. The maximum absolute atomic E-state index is 13.0. The monoisotopic (exact) mass is 467 g/mol. The molecule has 4 rings (SSSR count). The lowest BCUT2D eigenvalue weighted by molar-refractivity contribution is -0.119. The van der Waals surface area contributed by atoms with Crippen LogP contribution in [0.15, 0.2) is 72.8 Å². The standard InChI is InChI=1S/C27H21N3O5/c1-33-24-11-10-18(13-25(24)34-2)23-14-21(20-8-3-4-9-22(20)30-23)27(32)35-16-26(31)29-19-7-5-6-17(12-19)15-28/h3-14H,16H2,1-2H3,(H,29,31). The number of ether oxygens (including phenoxy) is 3. The Balaban J connectivity index is 1.59. The van der Waals surface area contributed by atoms with Gasteiger partial charge in [-0.1, -0.05) is 24.3 Å². The van der Waals surface area contributed by atoms with Crippen LogP contribution >= 0.6 is 0 Å². The van der Waals surface area contributed by atoms with Crippen molar-refractivity contribution in [1.82, 2.24) is 4.98 Å². The van der Waals surface area contributed by atoms with E-state index in [2.05, 4.69) is 10.3 Å². The number of hydrogen-bond acceptors (Lipinski definition) is 7. The van der Waals surface area contributed by atoms with E-state index in [1.54, 1.807) is 68.8 Å². The van der Waals surface area contributed by atoms with Gasteiger partial charge in [-0.3, -0.25) is 4.79 Å². The van der Waals surface area contributed by atoms with Gasteiger partial charge in [0.05, 0.1) is 42.6 Å². The molecule has 1 heterocycles. The number of nitriles is 1. The molecule has 1 amide bonds. The van der Waals surface area contributed by atoms with Crippen molar-refractivity contribution in [1.29, 1.82) is 5.26 Å². The number of nitrogens with one attached hydrogen (secondary N) is 1. The van der Waals surface area contributed by atoms with Crippen LogP contribution in [0.1, 0.15) is 15.9 Å². The van der Waals surface area contributed by atoms with E-state index >= 15 is 0 Å². The molecule has 4 aromatic rings. The third-order valence-corrected chi connectivity index (χ3v) is 5.23. The zero-order chi connectivity index (χ0) is 24.8. The zero-order valence-electron chi connectivity index (χ0n) is 19.1. The van der Waals surface area contributed by atoms with Crippen molar-refractivity contribution in [3.63, 3.8) is 0 Å². The van der Waals surface area contributed by atoms with Crippen molar-refractivity contribution in [2.45, 2.75) is 0 Å². The zero-order valence-corrected chi connectivity index (χ0v) is 19.1. The maximum atomic E-state index is 13.0. The van der Waals surface area contributed by atoms with Crippen LogP contribution < -0.4 is 14.8 Å². The summed E-state index contributed by atoms with van der Waals surface area (Å²) < 4.78 is 16.0. The highest BCUT2D eigenvalue weighted by atomic mass is 16.5. The minimum absolute atomic E-state index is 0.277. The molecule has 174 valence electrons. The van der Waals surface area contributed by atoms with E-state index in [0.717, 1.165) is 5.56 Å². The fourth-order valence-corrected chi connectivity index (χ4v) is 3.56. The number of hydrogen-bond donors (Lipinski definition) is 1. The highest BCUT2D eigenvalue weighted by Gasteiger charge is 2.17. The summed E-state index contributed by atoms with van der Waals surface area (Å²) in [7, 11) is 3.09. The Morgan fingerprint density at radius 2 is 1.74 bits per heavy atom. The lowest BCUT2D eigenvalue weighted by Gasteiger charge is -2.12. The minimum Gasteiger partial charge on any atom is -0.493 e. The normalized spacial score (nSPS) is 10.3. The van der Waals surface area contributed by atoms with Crippen LogP contribution in [-0.4, -0.2) is 37.7 Å². The lowest BCUT2D eigenvalue weighted by Crippen LogP contribution is -2.21. The van der Waals surface area contributed by atoms with E-state index in [-0.39, 0.29) is 5.56 Å². The first-order valence-corrected chi connectivity index (χ1v) is 10.6. The van der Waals surface area contributed by atoms with Gasteiger partial charge in [0.15, 0.2) is 18.1 Å². The van der Waals surface area contributed by atoms with E-state index in [4.69, 9.17) is 19.5 Å². The second-order valence-electron chi connectivity index (χ2n) is 7.46. The van der Waals surface area contributed by atoms with Gasteiger partial charge < -0.3 is 19.5 Å². The molecular weight excluding hydrogens is 446 g/mol. The predicted octanol–water partition coefficient (Wildman–Crippen LogP) is 4.59. The predicted molar refractivity (Wildman–Crippen MR) is 130 cm³/mol. The Kier molecular flexibility index (Phi) is 6.88. The molecule has 35 heavy (non-hydrogen) atoms. The number of aromatic nitrogens is 1. The number of fused-ring (bicyclic) bond motifs is 1. The third-order valence-electron chi connectivity index (χ3n) is 5.23. The van der Waals surface area contributed by atoms with E-state index in [9.17, 15) is 9.59 Å². The second kappa shape index (κ2) is 10.4. The number of benzene rings is 3. The van der Waals surface area contributed by atoms with Crippen molar-refractivity contribution in [2.24, 2.45) is 0 Å². The van der Waals surface area contributed by atoms with Gasteiger partial charge in [0, 0.05) is 16.6 Å². The number of carbonyl (C=O) groups excluding carboxylic acids is 2. The third kappa shape index (κ3) is 5.20. The van der Waals surface area contributed by atoms with Crippen LogP contribution in [0.25, 0.3) is 22.2 Å². The molecule has 0 saturated heterocycles. The van der Waals surface area contributed by atoms with E-state index < -0.39 is 18.5 Å². The SMILES string of the molecule is COc1ccc(-c2cc(C(=O)OCC(=O)Nc3cccc(C#N)c3)c3ccccc3n2)cc1OC. The van der Waals surface area contributed by atoms with Crippen LogP contribution in [0.2, 0.25) is 0 Å². The van der Waals surface area contributed by atoms with Gasteiger partial charge >= 0.3 is 5.97 Å². The topological polar surface area (TPSA) is 111 Å². The first-order chi connectivity index (χ1) is 17.0. The molecule has 0 unspecified atom stereocenters. The van der Waals surface area contributed by atoms with Crippen molar-refractivity contribution in [3.8, 4) is 28.8 Å². The highest BCUT2D eigenvalue weighted by Crippen LogP contribution is 2.33. The molecule has 8 nitrogen and oxygen atoms in total. The quantitative estimate of drug-likeness (QED) is 0.396. The van der Waals surface area contributed by atoms with Gasteiger partial charge in [-0.05, 0) is 48.5 Å². The molecule has 0 fully saturated rings. The van der Waals surface area contributed by atoms with Crippen LogP contribution in [0.4, 0.5) is 5.69 Å². The summed E-state index contributed by atoms with van der Waals surface area (Å²) in [4.78, 5) is 30.0. The smallest absolute Gasteiger partial charge is 0.339 e. The average molecular weight is 467 g/mol. The minimum atomic E-state index is -0.661. The number of rotatable bonds is 7. The van der Waals surface area contributed by atoms with Crippen molar-refractivity contribution in [2.75, 3.05) is 26.1 Å². The number of amides is 1. The van der Waals surface area contributed by atoms with Crippen LogP contribution in [0.3, 0.4) is 0 Å². The Morgan fingerprint density at radius 1 is 0.943 bits per heavy atom. The van der Waals surface area contributed by atoms with Crippen LogP contribution in [-0.2, 0) is 9.53 Å². The number of methoxy groups -OCH3 is 2. The summed E-state index contributed by atoms with van der Waals surface area (Å²) in [6.07, 6.45) is 0. The molecule has 1 aromatic heterocycles. The first-order valence-electron chi connectivity index (χ1n) is 10.6. The van der Waals surface area contributed by atoms with Crippen molar-refractivity contribution >= 4 is 28.5 Å². The molecule has 0 aliphatic rings. The second-order valence-corrected chi connectivity index (χ2v) is 7.46. The Morgan fingerprint density at radius 3 is 2.51 bits per heavy atom. The fraction of sp³-hybridized carbons (Fsp3) is 0.111. The van der Waals surface area contributed by atoms with E-state index in [1.165, 1.54) is 6.07 Å². The fourth-order valence-electron chi connectivity index (χ4n) is 3.56. The van der Waals surface area contributed by atoms with Crippen molar-refractivity contribution < 1.29 is 23.8 Å². The summed E-state index contributed by atoms with van der Waals surface area (Å²) >= 11 is 0. The van der Waals surface area contributed by atoms with E-state index in [0.29, 0.717) is 39.3 Å². The molecule has 0 saturated carbocycles. The molecule has 0 bridgehead atoms. The average Bonchev–Trinajstić information content (AvgIpc) is 2.90. The Bertz CT molecular complexity index is 1460. The number of para-hydroxylation sites is 1. The van der Waals surface area contributed by atoms with E-state index in [1.807, 2.05) is 18.2 Å². The number of pyridine rings is 1. The largest absolute Gasteiger partial charge is 0.493 e. The Hall–Kier alpha value is -4.90. The van der Waals surface area contributed by atoms with Gasteiger partial charge in [0.2, 0.25) is 0 Å². The number of carbonyl (C=O) groups is 2. The molecule has 3 aromatic carbocycles.